The molecule has 1 N–H and O–H groups in total. The lowest BCUT2D eigenvalue weighted by molar-refractivity contribution is 0.192. The molecule has 1 unspecified atom stereocenters. The Bertz CT molecular complexity index is 679. The number of anilines is 1. The third kappa shape index (κ3) is 3.72. The average molecular weight is 334 g/mol. The van der Waals surface area contributed by atoms with Crippen molar-refractivity contribution in [3.8, 4) is 0 Å². The maximum absolute atomic E-state index is 12.4. The summed E-state index contributed by atoms with van der Waals surface area (Å²) in [6, 6.07) is 1.60. The first-order chi connectivity index (χ1) is 11.0. The summed E-state index contributed by atoms with van der Waals surface area (Å²) in [4.78, 5) is 19.0. The molecule has 6 nitrogen and oxygen atoms in total. The lowest BCUT2D eigenvalue weighted by atomic mass is 9.99. The molecule has 1 aliphatic heterocycles. The highest BCUT2D eigenvalue weighted by Crippen LogP contribution is 2.31. The normalized spacial score (nSPS) is 18.4. The van der Waals surface area contributed by atoms with Crippen molar-refractivity contribution >= 4 is 23.2 Å². The topological polar surface area (TPSA) is 71.3 Å². The summed E-state index contributed by atoms with van der Waals surface area (Å²) in [5, 5.41) is 9.88. The highest BCUT2D eigenvalue weighted by atomic mass is 32.1. The monoisotopic (exact) mass is 334 g/mol. The average Bonchev–Trinajstić information content (AvgIpc) is 3.17. The zero-order chi connectivity index (χ0) is 16.4. The number of hydrogen-bond donors (Lipinski definition) is 1. The van der Waals surface area contributed by atoms with Crippen LogP contribution in [0.2, 0.25) is 0 Å². The summed E-state index contributed by atoms with van der Waals surface area (Å²) in [6.07, 6.45) is 2.07. The van der Waals surface area contributed by atoms with Gasteiger partial charge in [0.25, 0.3) is 0 Å². The Morgan fingerprint density at radius 2 is 2.35 bits per heavy atom. The molecule has 7 heteroatoms. The Balaban J connectivity index is 1.64. The van der Waals surface area contributed by atoms with E-state index in [1.54, 1.807) is 24.3 Å². The number of carbonyl (C=O) groups excluding carboxylic acids is 1. The van der Waals surface area contributed by atoms with Crippen LogP contribution >= 0.6 is 11.3 Å². The Morgan fingerprint density at radius 1 is 1.52 bits per heavy atom. The number of nitrogens with one attached hydrogen (secondary N) is 1. The molecule has 0 bridgehead atoms. The second-order valence-corrected chi connectivity index (χ2v) is 7.19. The van der Waals surface area contributed by atoms with Crippen LogP contribution in [-0.2, 0) is 0 Å². The van der Waals surface area contributed by atoms with Crippen molar-refractivity contribution < 1.29 is 9.32 Å². The molecule has 2 amide bonds. The minimum Gasteiger partial charge on any atom is -0.360 e. The van der Waals surface area contributed by atoms with Gasteiger partial charge in [-0.2, -0.15) is 0 Å². The standard InChI is InChI=1S/C16H22N4O2S/c1-10(2)13-9-23-15(17-13)12-5-4-6-20(8-12)16(21)18-14-7-11(3)22-19-14/h7,9-10,12H,4-6,8H2,1-3H3,(H,18,19,21). The van der Waals surface area contributed by atoms with E-state index in [2.05, 4.69) is 29.7 Å². The Labute approximate surface area is 139 Å². The van der Waals surface area contributed by atoms with E-state index in [1.807, 2.05) is 4.90 Å². The van der Waals surface area contributed by atoms with E-state index in [9.17, 15) is 4.79 Å². The second-order valence-electron chi connectivity index (χ2n) is 6.30. The summed E-state index contributed by atoms with van der Waals surface area (Å²) in [5.41, 5.74) is 1.14. The van der Waals surface area contributed by atoms with Gasteiger partial charge < -0.3 is 9.42 Å². The number of thiazole rings is 1. The minimum absolute atomic E-state index is 0.122. The minimum atomic E-state index is -0.122. The van der Waals surface area contributed by atoms with E-state index in [-0.39, 0.29) is 6.03 Å². The van der Waals surface area contributed by atoms with Gasteiger partial charge in [0.1, 0.15) is 5.76 Å². The van der Waals surface area contributed by atoms with Crippen molar-refractivity contribution in [1.82, 2.24) is 15.0 Å². The molecule has 1 saturated heterocycles. The van der Waals surface area contributed by atoms with Crippen molar-refractivity contribution in [2.45, 2.75) is 45.4 Å². The number of urea groups is 1. The van der Waals surface area contributed by atoms with Crippen LogP contribution in [0.3, 0.4) is 0 Å². The Hall–Kier alpha value is -1.89. The molecule has 0 spiro atoms. The van der Waals surface area contributed by atoms with Crippen LogP contribution in [0.5, 0.6) is 0 Å². The molecule has 0 radical (unpaired) electrons. The molecule has 0 aromatic carbocycles. The Kier molecular flexibility index (Phi) is 4.66. The molecule has 124 valence electrons. The SMILES string of the molecule is Cc1cc(NC(=O)N2CCCC(c3nc(C(C)C)cs3)C2)no1. The van der Waals surface area contributed by atoms with Gasteiger partial charge in [0, 0.05) is 30.5 Å². The van der Waals surface area contributed by atoms with Crippen LogP contribution in [0.1, 0.15) is 55.0 Å². The molecule has 23 heavy (non-hydrogen) atoms. The lowest BCUT2D eigenvalue weighted by Crippen LogP contribution is -2.41. The van der Waals surface area contributed by atoms with Crippen LogP contribution in [0.15, 0.2) is 16.0 Å². The fourth-order valence-corrected chi connectivity index (χ4v) is 3.84. The molecule has 2 aromatic rings. The summed E-state index contributed by atoms with van der Waals surface area (Å²) < 4.78 is 4.98. The number of aromatic nitrogens is 2. The Morgan fingerprint density at radius 3 is 3.00 bits per heavy atom. The molecule has 3 heterocycles. The maximum atomic E-state index is 12.4. The highest BCUT2D eigenvalue weighted by molar-refractivity contribution is 7.09. The summed E-state index contributed by atoms with van der Waals surface area (Å²) in [5.74, 6) is 1.91. The van der Waals surface area contributed by atoms with Crippen molar-refractivity contribution in [1.29, 1.82) is 0 Å². The predicted octanol–water partition coefficient (Wildman–Crippen LogP) is 3.97. The van der Waals surface area contributed by atoms with Gasteiger partial charge in [-0.1, -0.05) is 19.0 Å². The maximum Gasteiger partial charge on any atom is 0.323 e. The highest BCUT2D eigenvalue weighted by Gasteiger charge is 2.27. The van der Waals surface area contributed by atoms with Crippen molar-refractivity contribution in [2.75, 3.05) is 18.4 Å². The van der Waals surface area contributed by atoms with E-state index < -0.39 is 0 Å². The smallest absolute Gasteiger partial charge is 0.323 e. The number of likely N-dealkylation sites (tertiary alicyclic amines) is 1. The molecule has 3 rings (SSSR count). The third-order valence-electron chi connectivity index (χ3n) is 4.05. The van der Waals surface area contributed by atoms with E-state index in [0.29, 0.717) is 30.0 Å². The fourth-order valence-electron chi connectivity index (χ4n) is 2.73. The number of hydrogen-bond acceptors (Lipinski definition) is 5. The summed E-state index contributed by atoms with van der Waals surface area (Å²) in [6.45, 7) is 7.57. The van der Waals surface area contributed by atoms with Crippen LogP contribution < -0.4 is 5.32 Å². The molecule has 1 aliphatic rings. The quantitative estimate of drug-likeness (QED) is 0.922. The molecule has 1 atom stereocenters. The number of carbonyl (C=O) groups is 1. The van der Waals surface area contributed by atoms with Gasteiger partial charge in [-0.15, -0.1) is 11.3 Å². The molecular weight excluding hydrogens is 312 g/mol. The van der Waals surface area contributed by atoms with Crippen molar-refractivity contribution in [2.24, 2.45) is 0 Å². The second kappa shape index (κ2) is 6.70. The van der Waals surface area contributed by atoms with Crippen LogP contribution in [0.4, 0.5) is 10.6 Å². The van der Waals surface area contributed by atoms with Gasteiger partial charge in [0.15, 0.2) is 5.82 Å². The number of rotatable bonds is 3. The van der Waals surface area contributed by atoms with Crippen molar-refractivity contribution in [3.05, 3.63) is 27.9 Å². The fraction of sp³-hybridized carbons (Fsp3) is 0.562. The van der Waals surface area contributed by atoms with Gasteiger partial charge >= 0.3 is 6.03 Å². The van der Waals surface area contributed by atoms with Gasteiger partial charge in [-0.3, -0.25) is 5.32 Å². The molecule has 0 saturated carbocycles. The molecule has 2 aromatic heterocycles. The van der Waals surface area contributed by atoms with Gasteiger partial charge in [0.2, 0.25) is 0 Å². The first-order valence-corrected chi connectivity index (χ1v) is 8.85. The van der Waals surface area contributed by atoms with E-state index >= 15 is 0 Å². The van der Waals surface area contributed by atoms with Gasteiger partial charge in [-0.05, 0) is 25.7 Å². The molecule has 1 fully saturated rings. The number of amides is 2. The van der Waals surface area contributed by atoms with Crippen LogP contribution in [0, 0.1) is 6.92 Å². The summed E-state index contributed by atoms with van der Waals surface area (Å²) in [7, 11) is 0. The van der Waals surface area contributed by atoms with Crippen LogP contribution in [0.25, 0.3) is 0 Å². The number of nitrogens with zero attached hydrogens (tertiary/aromatic N) is 3. The lowest BCUT2D eigenvalue weighted by Gasteiger charge is -2.31. The zero-order valence-corrected chi connectivity index (χ0v) is 14.5. The number of piperidine rings is 1. The van der Waals surface area contributed by atoms with Gasteiger partial charge in [-0.25, -0.2) is 9.78 Å². The van der Waals surface area contributed by atoms with E-state index in [0.717, 1.165) is 30.1 Å². The largest absolute Gasteiger partial charge is 0.360 e. The molecular formula is C16H22N4O2S. The number of aryl methyl sites for hydroxylation is 1. The summed E-state index contributed by atoms with van der Waals surface area (Å²) >= 11 is 1.71. The first-order valence-electron chi connectivity index (χ1n) is 7.97. The predicted molar refractivity (Wildman–Crippen MR) is 90.0 cm³/mol. The van der Waals surface area contributed by atoms with Gasteiger partial charge in [0.05, 0.1) is 10.7 Å². The van der Waals surface area contributed by atoms with E-state index in [4.69, 9.17) is 9.51 Å². The third-order valence-corrected chi connectivity index (χ3v) is 5.08. The van der Waals surface area contributed by atoms with Crippen molar-refractivity contribution in [3.63, 3.8) is 0 Å². The van der Waals surface area contributed by atoms with Crippen LogP contribution in [-0.4, -0.2) is 34.2 Å². The molecule has 0 aliphatic carbocycles. The first kappa shape index (κ1) is 16.0. The zero-order valence-electron chi connectivity index (χ0n) is 13.7. The van der Waals surface area contributed by atoms with E-state index in [1.165, 1.54) is 0 Å².